The lowest BCUT2D eigenvalue weighted by atomic mass is 9.49. The van der Waals surface area contributed by atoms with Crippen LogP contribution in [0.15, 0.2) is 12.1 Å². The highest BCUT2D eigenvalue weighted by Crippen LogP contribution is 2.56. The lowest BCUT2D eigenvalue weighted by Crippen LogP contribution is -2.53. The monoisotopic (exact) mass is 286 g/mol. The van der Waals surface area contributed by atoms with Gasteiger partial charge in [-0.3, -0.25) is 9.59 Å². The van der Waals surface area contributed by atoms with Crippen molar-refractivity contribution in [3.05, 3.63) is 28.8 Å². The van der Waals surface area contributed by atoms with Crippen molar-refractivity contribution in [2.24, 2.45) is 11.3 Å². The first-order chi connectivity index (χ1) is 9.68. The molecule has 0 bridgehead atoms. The number of fused-ring (bicyclic) bond motifs is 3. The fourth-order valence-corrected chi connectivity index (χ4v) is 4.36. The Morgan fingerprint density at radius 3 is 2.52 bits per heavy atom. The maximum Gasteiger partial charge on any atom is 0.163 e. The third-order valence-electron chi connectivity index (χ3n) is 5.87. The van der Waals surface area contributed by atoms with E-state index in [0.29, 0.717) is 18.4 Å². The van der Waals surface area contributed by atoms with Crippen LogP contribution in [0.1, 0.15) is 61.5 Å². The van der Waals surface area contributed by atoms with Crippen LogP contribution in [-0.4, -0.2) is 16.7 Å². The normalized spacial score (nSPS) is 30.8. The summed E-state index contributed by atoms with van der Waals surface area (Å²) in [7, 11) is 0. The molecule has 1 fully saturated rings. The standard InChI is InChI=1S/C18H22O3/c1-10-7-12-11(8-13(10)19)14(20)9-15-17(2,3)16(21)5-6-18(12,15)4/h7-8,15,19H,5-6,9H2,1-4H3/t15-,18+/m0/s1. The van der Waals surface area contributed by atoms with Crippen LogP contribution in [0.4, 0.5) is 0 Å². The molecule has 0 saturated heterocycles. The first-order valence-corrected chi connectivity index (χ1v) is 7.58. The van der Waals surface area contributed by atoms with Gasteiger partial charge in [-0.2, -0.15) is 0 Å². The number of aromatic hydroxyl groups is 1. The molecule has 0 unspecified atom stereocenters. The number of Topliss-reactive ketones (excluding diaryl/α,β-unsaturated/α-hetero) is 2. The Labute approximate surface area is 125 Å². The van der Waals surface area contributed by atoms with Gasteiger partial charge < -0.3 is 5.11 Å². The fourth-order valence-electron chi connectivity index (χ4n) is 4.36. The molecule has 112 valence electrons. The number of benzene rings is 1. The minimum atomic E-state index is -0.466. The van der Waals surface area contributed by atoms with Crippen molar-refractivity contribution in [3.63, 3.8) is 0 Å². The van der Waals surface area contributed by atoms with Gasteiger partial charge in [-0.25, -0.2) is 0 Å². The number of phenolic OH excluding ortho intramolecular Hbond substituents is 1. The Kier molecular flexibility index (Phi) is 2.85. The quantitative estimate of drug-likeness (QED) is 0.793. The summed E-state index contributed by atoms with van der Waals surface area (Å²) in [5, 5.41) is 9.91. The molecule has 3 nitrogen and oxygen atoms in total. The summed E-state index contributed by atoms with van der Waals surface area (Å²) in [6, 6.07) is 3.55. The first-order valence-electron chi connectivity index (χ1n) is 7.58. The molecule has 0 amide bonds. The Hall–Kier alpha value is -1.64. The molecule has 1 saturated carbocycles. The van der Waals surface area contributed by atoms with Gasteiger partial charge in [0.25, 0.3) is 0 Å². The SMILES string of the molecule is Cc1cc2c(cc1O)C(=O)C[C@H]1C(C)(C)C(=O)CC[C@]21C. The van der Waals surface area contributed by atoms with Crippen molar-refractivity contribution in [2.75, 3.05) is 0 Å². The second-order valence-corrected chi connectivity index (χ2v) is 7.43. The van der Waals surface area contributed by atoms with Crippen LogP contribution in [-0.2, 0) is 10.2 Å². The van der Waals surface area contributed by atoms with Crippen molar-refractivity contribution in [1.29, 1.82) is 0 Å². The van der Waals surface area contributed by atoms with Crippen LogP contribution in [0.5, 0.6) is 5.75 Å². The summed E-state index contributed by atoms with van der Waals surface area (Å²) >= 11 is 0. The van der Waals surface area contributed by atoms with Crippen LogP contribution in [0.2, 0.25) is 0 Å². The van der Waals surface area contributed by atoms with E-state index in [1.54, 1.807) is 6.07 Å². The van der Waals surface area contributed by atoms with Gasteiger partial charge in [0.15, 0.2) is 5.78 Å². The number of aryl methyl sites for hydroxylation is 1. The fraction of sp³-hybridized carbons (Fsp3) is 0.556. The summed E-state index contributed by atoms with van der Waals surface area (Å²) < 4.78 is 0. The van der Waals surface area contributed by atoms with Crippen LogP contribution in [0.25, 0.3) is 0 Å². The average Bonchev–Trinajstić information content (AvgIpc) is 2.41. The molecule has 2 atom stereocenters. The number of ketones is 2. The van der Waals surface area contributed by atoms with Crippen LogP contribution < -0.4 is 0 Å². The van der Waals surface area contributed by atoms with Crippen molar-refractivity contribution >= 4 is 11.6 Å². The highest BCUT2D eigenvalue weighted by atomic mass is 16.3. The van der Waals surface area contributed by atoms with Crippen LogP contribution in [0, 0.1) is 18.3 Å². The number of hydrogen-bond donors (Lipinski definition) is 1. The average molecular weight is 286 g/mol. The van der Waals surface area contributed by atoms with Gasteiger partial charge in [0.2, 0.25) is 0 Å². The Balaban J connectivity index is 2.24. The summed E-state index contributed by atoms with van der Waals surface area (Å²) in [5.41, 5.74) is 1.81. The molecule has 0 aliphatic heterocycles. The van der Waals surface area contributed by atoms with Gasteiger partial charge in [-0.15, -0.1) is 0 Å². The Morgan fingerprint density at radius 2 is 1.86 bits per heavy atom. The molecule has 0 heterocycles. The second-order valence-electron chi connectivity index (χ2n) is 7.43. The van der Waals surface area contributed by atoms with E-state index < -0.39 is 5.41 Å². The highest BCUT2D eigenvalue weighted by Gasteiger charge is 2.55. The van der Waals surface area contributed by atoms with Gasteiger partial charge in [-0.1, -0.05) is 26.8 Å². The van der Waals surface area contributed by atoms with Gasteiger partial charge in [0.05, 0.1) is 0 Å². The zero-order chi connectivity index (χ0) is 15.6. The summed E-state index contributed by atoms with van der Waals surface area (Å²) in [6.45, 7) is 7.98. The molecule has 3 heteroatoms. The number of hydrogen-bond acceptors (Lipinski definition) is 3. The van der Waals surface area contributed by atoms with E-state index in [4.69, 9.17) is 0 Å². The smallest absolute Gasteiger partial charge is 0.163 e. The topological polar surface area (TPSA) is 54.4 Å². The number of carbonyl (C=O) groups excluding carboxylic acids is 2. The third-order valence-corrected chi connectivity index (χ3v) is 5.87. The molecule has 0 spiro atoms. The zero-order valence-electron chi connectivity index (χ0n) is 13.1. The first kappa shape index (κ1) is 14.3. The van der Waals surface area contributed by atoms with Crippen molar-refractivity contribution in [3.8, 4) is 5.75 Å². The van der Waals surface area contributed by atoms with E-state index in [1.165, 1.54) is 0 Å². The minimum Gasteiger partial charge on any atom is -0.508 e. The van der Waals surface area contributed by atoms with Crippen molar-refractivity contribution in [2.45, 2.75) is 52.4 Å². The maximum absolute atomic E-state index is 12.5. The molecule has 0 radical (unpaired) electrons. The van der Waals surface area contributed by atoms with Gasteiger partial charge in [0.1, 0.15) is 11.5 Å². The lowest BCUT2D eigenvalue weighted by molar-refractivity contribution is -0.136. The predicted octanol–water partition coefficient (Wildman–Crippen LogP) is 3.55. The molecule has 1 aromatic rings. The Morgan fingerprint density at radius 1 is 1.19 bits per heavy atom. The van der Waals surface area contributed by atoms with Gasteiger partial charge >= 0.3 is 0 Å². The molecule has 3 rings (SSSR count). The highest BCUT2D eigenvalue weighted by molar-refractivity contribution is 6.01. The van der Waals surface area contributed by atoms with Gasteiger partial charge in [0, 0.05) is 23.8 Å². The lowest BCUT2D eigenvalue weighted by Gasteiger charge is -2.52. The van der Waals surface area contributed by atoms with E-state index in [1.807, 2.05) is 26.8 Å². The number of phenols is 1. The van der Waals surface area contributed by atoms with E-state index in [2.05, 4.69) is 6.92 Å². The van der Waals surface area contributed by atoms with Crippen LogP contribution in [0.3, 0.4) is 0 Å². The predicted molar refractivity (Wildman–Crippen MR) is 80.7 cm³/mol. The van der Waals surface area contributed by atoms with Gasteiger partial charge in [-0.05, 0) is 41.9 Å². The maximum atomic E-state index is 12.5. The number of carbonyl (C=O) groups is 2. The van der Waals surface area contributed by atoms with E-state index in [9.17, 15) is 14.7 Å². The van der Waals surface area contributed by atoms with Crippen LogP contribution >= 0.6 is 0 Å². The summed E-state index contributed by atoms with van der Waals surface area (Å²) in [4.78, 5) is 24.8. The molecular formula is C18H22O3. The Bertz CT molecular complexity index is 657. The minimum absolute atomic E-state index is 0.0372. The molecule has 21 heavy (non-hydrogen) atoms. The second kappa shape index (κ2) is 4.19. The van der Waals surface area contributed by atoms with E-state index in [0.717, 1.165) is 17.5 Å². The molecule has 1 aromatic carbocycles. The number of rotatable bonds is 0. The molecule has 2 aliphatic rings. The zero-order valence-corrected chi connectivity index (χ0v) is 13.1. The molecular weight excluding hydrogens is 264 g/mol. The molecule has 1 N–H and O–H groups in total. The molecule has 2 aliphatic carbocycles. The molecule has 0 aromatic heterocycles. The van der Waals surface area contributed by atoms with E-state index >= 15 is 0 Å². The van der Waals surface area contributed by atoms with Crippen molar-refractivity contribution < 1.29 is 14.7 Å². The summed E-state index contributed by atoms with van der Waals surface area (Å²) in [6.07, 6.45) is 1.74. The van der Waals surface area contributed by atoms with E-state index in [-0.39, 0.29) is 28.6 Å². The van der Waals surface area contributed by atoms with Crippen molar-refractivity contribution in [1.82, 2.24) is 0 Å². The third kappa shape index (κ3) is 1.79. The largest absolute Gasteiger partial charge is 0.508 e. The summed E-state index contributed by atoms with van der Waals surface area (Å²) in [5.74, 6) is 0.521.